The number of aliphatic hydroxyl groups is 1. The number of halogens is 3. The van der Waals surface area contributed by atoms with Crippen LogP contribution in [0.5, 0.6) is 0 Å². The highest BCUT2D eigenvalue weighted by atomic mass is 19.3. The smallest absolute Gasteiger partial charge is 0.334 e. The Morgan fingerprint density at radius 2 is 1.29 bits per heavy atom. The monoisotopic (exact) mass is 254 g/mol. The molecule has 1 unspecified atom stereocenters. The minimum absolute atomic E-state index is 0.254. The first-order chi connectivity index (χ1) is 7.84. The topological polar surface area (TPSA) is 20.2 Å². The van der Waals surface area contributed by atoms with Crippen molar-refractivity contribution in [2.24, 2.45) is 5.92 Å². The van der Waals surface area contributed by atoms with Gasteiger partial charge >= 0.3 is 6.11 Å². The summed E-state index contributed by atoms with van der Waals surface area (Å²) in [6, 6.07) is 0. The third-order valence-electron chi connectivity index (χ3n) is 2.87. The van der Waals surface area contributed by atoms with E-state index in [1.165, 1.54) is 12.8 Å². The molecule has 0 aromatic carbocycles. The average Bonchev–Trinajstić information content (AvgIpc) is 2.19. The molecule has 0 amide bonds. The van der Waals surface area contributed by atoms with Crippen LogP contribution in [-0.2, 0) is 0 Å². The van der Waals surface area contributed by atoms with Crippen LogP contribution in [-0.4, -0.2) is 17.4 Å². The van der Waals surface area contributed by atoms with Gasteiger partial charge in [-0.15, -0.1) is 0 Å². The first-order valence-electron chi connectivity index (χ1n) is 6.58. The van der Waals surface area contributed by atoms with E-state index in [0.717, 1.165) is 31.6 Å². The minimum atomic E-state index is -4.17. The van der Waals surface area contributed by atoms with Gasteiger partial charge in [-0.3, -0.25) is 0 Å². The van der Waals surface area contributed by atoms with Crippen molar-refractivity contribution >= 4 is 0 Å². The fraction of sp³-hybridized carbons (Fsp3) is 1.00. The van der Waals surface area contributed by atoms with Crippen molar-refractivity contribution < 1.29 is 18.3 Å². The normalized spacial score (nSPS) is 14.3. The van der Waals surface area contributed by atoms with Crippen molar-refractivity contribution in [3.63, 3.8) is 0 Å². The van der Waals surface area contributed by atoms with Crippen molar-refractivity contribution in [3.05, 3.63) is 0 Å². The maximum Gasteiger partial charge on any atom is 0.384 e. The molecule has 0 heterocycles. The molecule has 0 saturated carbocycles. The Bertz CT molecular complexity index is 178. The second kappa shape index (κ2) is 8.78. The van der Waals surface area contributed by atoms with E-state index in [1.807, 2.05) is 0 Å². The van der Waals surface area contributed by atoms with Crippen LogP contribution in [0.15, 0.2) is 0 Å². The lowest BCUT2D eigenvalue weighted by Crippen LogP contribution is -2.29. The van der Waals surface area contributed by atoms with E-state index in [4.69, 9.17) is 5.11 Å². The fourth-order valence-corrected chi connectivity index (χ4v) is 1.76. The zero-order chi connectivity index (χ0) is 13.3. The molecular weight excluding hydrogens is 229 g/mol. The van der Waals surface area contributed by atoms with E-state index < -0.39 is 12.3 Å². The maximum absolute atomic E-state index is 12.6. The molecule has 0 aromatic heterocycles. The Hall–Kier alpha value is -0.250. The summed E-state index contributed by atoms with van der Waals surface area (Å²) in [5, 5.41) is 8.10. The van der Waals surface area contributed by atoms with Crippen LogP contribution in [0.1, 0.15) is 65.2 Å². The van der Waals surface area contributed by atoms with Gasteiger partial charge in [0.15, 0.2) is 6.17 Å². The molecule has 104 valence electrons. The molecule has 0 saturated heterocycles. The van der Waals surface area contributed by atoms with Gasteiger partial charge in [-0.2, -0.15) is 8.78 Å². The number of hydrogen-bond acceptors (Lipinski definition) is 1. The van der Waals surface area contributed by atoms with Gasteiger partial charge in [0.05, 0.1) is 0 Å². The molecule has 0 aliphatic carbocycles. The molecule has 4 heteroatoms. The summed E-state index contributed by atoms with van der Waals surface area (Å²) in [7, 11) is 0. The van der Waals surface area contributed by atoms with Gasteiger partial charge in [-0.1, -0.05) is 58.8 Å². The summed E-state index contributed by atoms with van der Waals surface area (Å²) in [4.78, 5) is 0. The van der Waals surface area contributed by atoms with Crippen molar-refractivity contribution in [1.82, 2.24) is 0 Å². The molecule has 0 aromatic rings. The summed E-state index contributed by atoms with van der Waals surface area (Å²) in [6.07, 6.45) is -0.0224. The number of hydrogen-bond donors (Lipinski definition) is 1. The summed E-state index contributed by atoms with van der Waals surface area (Å²) < 4.78 is 36.7. The zero-order valence-corrected chi connectivity index (χ0v) is 10.9. The van der Waals surface area contributed by atoms with Crippen LogP contribution in [0.3, 0.4) is 0 Å². The molecule has 0 aliphatic heterocycles. The van der Waals surface area contributed by atoms with Gasteiger partial charge in [-0.25, -0.2) is 4.39 Å². The van der Waals surface area contributed by atoms with Crippen LogP contribution >= 0.6 is 0 Å². The predicted octanol–water partition coefficient (Wildman–Crippen LogP) is 4.69. The largest absolute Gasteiger partial charge is 0.384 e. The predicted molar refractivity (Wildman–Crippen MR) is 63.8 cm³/mol. The first-order valence-corrected chi connectivity index (χ1v) is 6.58. The van der Waals surface area contributed by atoms with Gasteiger partial charge < -0.3 is 5.11 Å². The Kier molecular flexibility index (Phi) is 8.66. The van der Waals surface area contributed by atoms with Gasteiger partial charge in [0, 0.05) is 0 Å². The highest BCUT2D eigenvalue weighted by molar-refractivity contribution is 4.64. The Labute approximate surface area is 102 Å². The zero-order valence-electron chi connectivity index (χ0n) is 10.9. The molecule has 17 heavy (non-hydrogen) atoms. The molecule has 1 atom stereocenters. The van der Waals surface area contributed by atoms with Gasteiger partial charge in [-0.05, 0) is 12.3 Å². The quantitative estimate of drug-likeness (QED) is 0.561. The molecular formula is C13H25F3O. The van der Waals surface area contributed by atoms with Crippen LogP contribution in [0.25, 0.3) is 0 Å². The first kappa shape index (κ1) is 16.8. The molecule has 0 radical (unpaired) electrons. The van der Waals surface area contributed by atoms with E-state index in [1.54, 1.807) is 0 Å². The summed E-state index contributed by atoms with van der Waals surface area (Å²) >= 11 is 0. The highest BCUT2D eigenvalue weighted by Gasteiger charge is 2.36. The Morgan fingerprint density at radius 3 is 1.71 bits per heavy atom. The maximum atomic E-state index is 12.6. The number of unbranched alkanes of at least 4 members (excludes halogenated alkanes) is 5. The van der Waals surface area contributed by atoms with E-state index in [2.05, 4.69) is 13.8 Å². The van der Waals surface area contributed by atoms with E-state index >= 15 is 0 Å². The standard InChI is InChI=1S/C13H25F3O/c1-11(2)9-7-5-3-4-6-8-10-12(14)13(15,16)17/h11-12,17H,3-10H2,1-2H3. The molecule has 0 spiro atoms. The lowest BCUT2D eigenvalue weighted by Gasteiger charge is -2.13. The second-order valence-electron chi connectivity index (χ2n) is 5.15. The lowest BCUT2D eigenvalue weighted by molar-refractivity contribution is -0.241. The van der Waals surface area contributed by atoms with Crippen LogP contribution in [0.2, 0.25) is 0 Å². The summed E-state index contributed by atoms with van der Waals surface area (Å²) in [6.45, 7) is 4.38. The van der Waals surface area contributed by atoms with E-state index in [0.29, 0.717) is 6.42 Å². The van der Waals surface area contributed by atoms with Gasteiger partial charge in [0.1, 0.15) is 0 Å². The minimum Gasteiger partial charge on any atom is -0.334 e. The number of alkyl halides is 3. The molecule has 1 nitrogen and oxygen atoms in total. The number of rotatable bonds is 10. The third-order valence-corrected chi connectivity index (χ3v) is 2.87. The van der Waals surface area contributed by atoms with E-state index in [9.17, 15) is 13.2 Å². The van der Waals surface area contributed by atoms with E-state index in [-0.39, 0.29) is 6.42 Å². The average molecular weight is 254 g/mol. The van der Waals surface area contributed by atoms with Gasteiger partial charge in [0.2, 0.25) is 0 Å². The molecule has 0 bridgehead atoms. The SMILES string of the molecule is CC(C)CCCCCCCCC(F)C(O)(F)F. The Morgan fingerprint density at radius 1 is 0.882 bits per heavy atom. The highest BCUT2D eigenvalue weighted by Crippen LogP contribution is 2.23. The van der Waals surface area contributed by atoms with Crippen molar-refractivity contribution in [1.29, 1.82) is 0 Å². The molecule has 0 aliphatic rings. The van der Waals surface area contributed by atoms with Crippen LogP contribution < -0.4 is 0 Å². The summed E-state index contributed by atoms with van der Waals surface area (Å²) in [5.74, 6) is 0.731. The van der Waals surface area contributed by atoms with Gasteiger partial charge in [0.25, 0.3) is 0 Å². The van der Waals surface area contributed by atoms with Crippen LogP contribution in [0, 0.1) is 5.92 Å². The second-order valence-corrected chi connectivity index (χ2v) is 5.15. The van der Waals surface area contributed by atoms with Crippen molar-refractivity contribution in [2.75, 3.05) is 0 Å². The third kappa shape index (κ3) is 10.6. The lowest BCUT2D eigenvalue weighted by atomic mass is 10.0. The van der Waals surface area contributed by atoms with Crippen LogP contribution in [0.4, 0.5) is 13.2 Å². The molecule has 0 fully saturated rings. The molecule has 1 N–H and O–H groups in total. The molecule has 0 rings (SSSR count). The summed E-state index contributed by atoms with van der Waals surface area (Å²) in [5.41, 5.74) is 0. The Balaban J connectivity index is 3.24. The van der Waals surface area contributed by atoms with Crippen molar-refractivity contribution in [3.8, 4) is 0 Å². The van der Waals surface area contributed by atoms with Crippen molar-refractivity contribution in [2.45, 2.75) is 77.5 Å². The fourth-order valence-electron chi connectivity index (χ4n) is 1.76.